The summed E-state index contributed by atoms with van der Waals surface area (Å²) in [5.74, 6) is 0.667. The molecule has 1 heterocycles. The fourth-order valence-corrected chi connectivity index (χ4v) is 2.60. The average Bonchev–Trinajstić information content (AvgIpc) is 3.33. The topological polar surface area (TPSA) is 72.2 Å². The van der Waals surface area contributed by atoms with Crippen molar-refractivity contribution in [3.8, 4) is 5.69 Å². The zero-order chi connectivity index (χ0) is 17.1. The lowest BCUT2D eigenvalue weighted by Gasteiger charge is -2.22. The fourth-order valence-electron chi connectivity index (χ4n) is 2.60. The molecule has 1 fully saturated rings. The van der Waals surface area contributed by atoms with Gasteiger partial charge in [-0.2, -0.15) is 9.78 Å². The van der Waals surface area contributed by atoms with Gasteiger partial charge in [0.15, 0.2) is 0 Å². The normalized spacial score (nSPS) is 13.8. The Balaban J connectivity index is 1.67. The molecule has 0 radical (unpaired) electrons. The zero-order valence-electron chi connectivity index (χ0n) is 14.1. The van der Waals surface area contributed by atoms with E-state index in [1.165, 1.54) is 28.4 Å². The van der Waals surface area contributed by atoms with Crippen molar-refractivity contribution in [3.63, 3.8) is 0 Å². The number of hydrogen-bond donors (Lipinski definition) is 1. The molecule has 0 saturated heterocycles. The number of benzene rings is 1. The van der Waals surface area contributed by atoms with Crippen molar-refractivity contribution >= 4 is 11.7 Å². The van der Waals surface area contributed by atoms with Crippen LogP contribution in [-0.4, -0.2) is 38.4 Å². The summed E-state index contributed by atoms with van der Waals surface area (Å²) < 4.78 is 2.73. The maximum Gasteiger partial charge on any atom is 0.350 e. The fraction of sp³-hybridized carbons (Fsp3) is 0.471. The molecule has 1 aromatic heterocycles. The minimum absolute atomic E-state index is 0.0634. The lowest BCUT2D eigenvalue weighted by Crippen LogP contribution is -2.37. The number of aromatic nitrogens is 3. The van der Waals surface area contributed by atoms with Crippen molar-refractivity contribution in [1.82, 2.24) is 19.2 Å². The van der Waals surface area contributed by atoms with Crippen molar-refractivity contribution in [2.75, 3.05) is 18.4 Å². The molecule has 2 amide bonds. The molecular weight excluding hydrogens is 306 g/mol. The molecule has 2 aromatic rings. The SMILES string of the molecule is CCCN(CC1CC1)C(=O)Nc1ccc(-n2ncn(C)c2=O)cc1. The smallest absolute Gasteiger partial charge is 0.324 e. The first-order chi connectivity index (χ1) is 11.6. The van der Waals surface area contributed by atoms with E-state index in [1.807, 2.05) is 4.90 Å². The van der Waals surface area contributed by atoms with Gasteiger partial charge in [-0.3, -0.25) is 4.57 Å². The maximum atomic E-state index is 12.4. The molecule has 0 spiro atoms. The van der Waals surface area contributed by atoms with Gasteiger partial charge in [-0.05, 0) is 49.4 Å². The molecule has 0 bridgehead atoms. The van der Waals surface area contributed by atoms with Gasteiger partial charge in [0.2, 0.25) is 0 Å². The summed E-state index contributed by atoms with van der Waals surface area (Å²) in [4.78, 5) is 26.2. The van der Waals surface area contributed by atoms with E-state index in [4.69, 9.17) is 0 Å². The van der Waals surface area contributed by atoms with Crippen LogP contribution in [0.1, 0.15) is 26.2 Å². The van der Waals surface area contributed by atoms with Crippen molar-refractivity contribution in [3.05, 3.63) is 41.1 Å². The second kappa shape index (κ2) is 6.90. The number of nitrogens with zero attached hydrogens (tertiary/aromatic N) is 4. The van der Waals surface area contributed by atoms with Crippen LogP contribution < -0.4 is 11.0 Å². The first-order valence-electron chi connectivity index (χ1n) is 8.35. The second-order valence-electron chi connectivity index (χ2n) is 6.30. The Morgan fingerprint density at radius 2 is 2.04 bits per heavy atom. The van der Waals surface area contributed by atoms with Gasteiger partial charge in [-0.25, -0.2) is 9.59 Å². The number of hydrogen-bond acceptors (Lipinski definition) is 3. The van der Waals surface area contributed by atoms with Crippen LogP contribution in [0, 0.1) is 5.92 Å². The Hall–Kier alpha value is -2.57. The lowest BCUT2D eigenvalue weighted by molar-refractivity contribution is 0.209. The highest BCUT2D eigenvalue weighted by molar-refractivity contribution is 5.89. The number of anilines is 1. The zero-order valence-corrected chi connectivity index (χ0v) is 14.1. The van der Waals surface area contributed by atoms with Gasteiger partial charge in [0.1, 0.15) is 6.33 Å². The van der Waals surface area contributed by atoms with Crippen LogP contribution in [0.15, 0.2) is 35.4 Å². The van der Waals surface area contributed by atoms with E-state index in [2.05, 4.69) is 17.3 Å². The molecule has 1 aliphatic carbocycles. The molecule has 24 heavy (non-hydrogen) atoms. The van der Waals surface area contributed by atoms with Gasteiger partial charge >= 0.3 is 11.7 Å². The lowest BCUT2D eigenvalue weighted by atomic mass is 10.3. The highest BCUT2D eigenvalue weighted by atomic mass is 16.2. The van der Waals surface area contributed by atoms with E-state index in [1.54, 1.807) is 31.3 Å². The summed E-state index contributed by atoms with van der Waals surface area (Å²) in [6, 6.07) is 7.06. The van der Waals surface area contributed by atoms with Gasteiger partial charge in [-0.15, -0.1) is 0 Å². The van der Waals surface area contributed by atoms with Crippen LogP contribution in [0.5, 0.6) is 0 Å². The molecule has 7 heteroatoms. The molecule has 128 valence electrons. The largest absolute Gasteiger partial charge is 0.350 e. The van der Waals surface area contributed by atoms with Gasteiger partial charge in [0.25, 0.3) is 0 Å². The molecule has 3 rings (SSSR count). The summed E-state index contributed by atoms with van der Waals surface area (Å²) in [6.45, 7) is 3.68. The molecular formula is C17H23N5O2. The molecule has 0 unspecified atom stereocenters. The van der Waals surface area contributed by atoms with Crippen LogP contribution >= 0.6 is 0 Å². The second-order valence-corrected chi connectivity index (χ2v) is 6.30. The third-order valence-electron chi connectivity index (χ3n) is 4.14. The first kappa shape index (κ1) is 16.3. The van der Waals surface area contributed by atoms with E-state index in [0.29, 0.717) is 17.3 Å². The predicted octanol–water partition coefficient (Wildman–Crippen LogP) is 2.22. The van der Waals surface area contributed by atoms with E-state index in [9.17, 15) is 9.59 Å². The third kappa shape index (κ3) is 3.67. The maximum absolute atomic E-state index is 12.4. The standard InChI is InChI=1S/C17H23N5O2/c1-3-10-21(11-13-4-5-13)16(23)19-14-6-8-15(9-7-14)22-17(24)20(2)12-18-22/h6-9,12-13H,3-5,10-11H2,1-2H3,(H,19,23). The molecule has 0 aliphatic heterocycles. The Morgan fingerprint density at radius 1 is 1.33 bits per heavy atom. The van der Waals surface area contributed by atoms with Gasteiger partial charge in [0.05, 0.1) is 5.69 Å². The van der Waals surface area contributed by atoms with Crippen molar-refractivity contribution in [1.29, 1.82) is 0 Å². The van der Waals surface area contributed by atoms with E-state index in [0.717, 1.165) is 19.5 Å². The van der Waals surface area contributed by atoms with Crippen LogP contribution in [0.4, 0.5) is 10.5 Å². The summed E-state index contributed by atoms with van der Waals surface area (Å²) in [6.07, 6.45) is 4.86. The Kier molecular flexibility index (Phi) is 4.69. The third-order valence-corrected chi connectivity index (χ3v) is 4.14. The summed E-state index contributed by atoms with van der Waals surface area (Å²) in [5, 5.41) is 6.97. The van der Waals surface area contributed by atoms with E-state index in [-0.39, 0.29) is 11.7 Å². The van der Waals surface area contributed by atoms with Crippen LogP contribution in [0.3, 0.4) is 0 Å². The van der Waals surface area contributed by atoms with Crippen LogP contribution in [0.25, 0.3) is 5.69 Å². The van der Waals surface area contributed by atoms with E-state index >= 15 is 0 Å². The number of carbonyl (C=O) groups excluding carboxylic acids is 1. The minimum atomic E-state index is -0.203. The molecule has 1 N–H and O–H groups in total. The van der Waals surface area contributed by atoms with E-state index < -0.39 is 0 Å². The predicted molar refractivity (Wildman–Crippen MR) is 92.4 cm³/mol. The molecule has 0 atom stereocenters. The number of amides is 2. The molecule has 1 aromatic carbocycles. The Morgan fingerprint density at radius 3 is 2.58 bits per heavy atom. The Bertz CT molecular complexity index is 758. The number of carbonyl (C=O) groups is 1. The van der Waals surface area contributed by atoms with Crippen LogP contribution in [0.2, 0.25) is 0 Å². The van der Waals surface area contributed by atoms with Crippen molar-refractivity contribution in [2.45, 2.75) is 26.2 Å². The monoisotopic (exact) mass is 329 g/mol. The summed E-state index contributed by atoms with van der Waals surface area (Å²) >= 11 is 0. The minimum Gasteiger partial charge on any atom is -0.324 e. The molecule has 1 saturated carbocycles. The van der Waals surface area contributed by atoms with Crippen molar-refractivity contribution in [2.24, 2.45) is 13.0 Å². The first-order valence-corrected chi connectivity index (χ1v) is 8.35. The van der Waals surface area contributed by atoms with Crippen molar-refractivity contribution < 1.29 is 4.79 Å². The highest BCUT2D eigenvalue weighted by Gasteiger charge is 2.26. The molecule has 7 nitrogen and oxygen atoms in total. The summed E-state index contributed by atoms with van der Waals surface area (Å²) in [7, 11) is 1.66. The highest BCUT2D eigenvalue weighted by Crippen LogP contribution is 2.30. The van der Waals surface area contributed by atoms with Gasteiger partial charge in [-0.1, -0.05) is 6.92 Å². The number of rotatable bonds is 6. The number of urea groups is 1. The number of aryl methyl sites for hydroxylation is 1. The summed E-state index contributed by atoms with van der Waals surface area (Å²) in [5.41, 5.74) is 1.18. The average molecular weight is 329 g/mol. The quantitative estimate of drug-likeness (QED) is 0.883. The van der Waals surface area contributed by atoms with Crippen LogP contribution in [-0.2, 0) is 7.05 Å². The number of nitrogens with one attached hydrogen (secondary N) is 1. The van der Waals surface area contributed by atoms with Gasteiger partial charge in [0, 0.05) is 25.8 Å². The molecule has 1 aliphatic rings. The van der Waals surface area contributed by atoms with Gasteiger partial charge < -0.3 is 10.2 Å². The Labute approximate surface area is 140 Å².